The van der Waals surface area contributed by atoms with Gasteiger partial charge in [-0.3, -0.25) is 10.1 Å². The van der Waals surface area contributed by atoms with Crippen molar-refractivity contribution in [3.05, 3.63) is 76.1 Å². The first-order chi connectivity index (χ1) is 13.3. The van der Waals surface area contributed by atoms with Gasteiger partial charge in [0, 0.05) is 17.4 Å². The van der Waals surface area contributed by atoms with Gasteiger partial charge in [-0.15, -0.1) is 0 Å². The van der Waals surface area contributed by atoms with Gasteiger partial charge in [0.05, 0.1) is 10.5 Å². The second-order valence-electron chi connectivity index (χ2n) is 5.44. The van der Waals surface area contributed by atoms with E-state index < -0.39 is 28.2 Å². The molecule has 0 spiro atoms. The zero-order valence-electron chi connectivity index (χ0n) is 13.9. The number of benzene rings is 2. The molecule has 0 saturated carbocycles. The molecule has 0 fully saturated rings. The highest BCUT2D eigenvalue weighted by atomic mass is 19.2. The van der Waals surface area contributed by atoms with Crippen molar-refractivity contribution in [2.75, 3.05) is 10.6 Å². The summed E-state index contributed by atoms with van der Waals surface area (Å²) in [4.78, 5) is 29.3. The Morgan fingerprint density at radius 2 is 1.54 bits per heavy atom. The number of nitrogens with zero attached hydrogens (tertiary/aromatic N) is 3. The van der Waals surface area contributed by atoms with Crippen molar-refractivity contribution < 1.29 is 23.6 Å². The first-order valence-corrected chi connectivity index (χ1v) is 7.67. The summed E-state index contributed by atoms with van der Waals surface area (Å²) >= 11 is 0. The van der Waals surface area contributed by atoms with E-state index >= 15 is 0 Å². The van der Waals surface area contributed by atoms with Gasteiger partial charge < -0.3 is 15.7 Å². The van der Waals surface area contributed by atoms with Gasteiger partial charge >= 0.3 is 11.7 Å². The van der Waals surface area contributed by atoms with Crippen molar-refractivity contribution in [3.8, 4) is 0 Å². The van der Waals surface area contributed by atoms with Crippen molar-refractivity contribution in [1.29, 1.82) is 0 Å². The van der Waals surface area contributed by atoms with Crippen LogP contribution in [0, 0.1) is 21.7 Å². The number of nitro groups is 1. The number of halogens is 2. The van der Waals surface area contributed by atoms with Gasteiger partial charge in [0.1, 0.15) is 6.33 Å². The van der Waals surface area contributed by atoms with Crippen LogP contribution in [0.25, 0.3) is 0 Å². The van der Waals surface area contributed by atoms with Crippen LogP contribution in [-0.2, 0) is 0 Å². The number of carboxylic acid groups (broad SMARTS) is 1. The Balaban J connectivity index is 1.93. The highest BCUT2D eigenvalue weighted by Crippen LogP contribution is 2.33. The standard InChI is InChI=1S/C17H11F2N5O4/c18-12-6-5-11(7-13(12)19)23-16-14(24(27)28)15(20-8-21-16)22-10-3-1-9(2-4-10)17(25)26/h1-8H,(H,25,26)(H2,20,21,22,23). The minimum absolute atomic E-state index is 0.0448. The van der Waals surface area contributed by atoms with Crippen LogP contribution in [0.4, 0.5) is 37.5 Å². The molecule has 28 heavy (non-hydrogen) atoms. The minimum atomic E-state index is -1.13. The van der Waals surface area contributed by atoms with E-state index in [1.807, 2.05) is 0 Å². The Bertz CT molecular complexity index is 1060. The molecule has 142 valence electrons. The Hall–Kier alpha value is -4.15. The number of anilines is 4. The molecule has 0 unspecified atom stereocenters. The smallest absolute Gasteiger partial charge is 0.353 e. The molecule has 0 amide bonds. The summed E-state index contributed by atoms with van der Waals surface area (Å²) < 4.78 is 26.4. The molecule has 0 bridgehead atoms. The van der Waals surface area contributed by atoms with E-state index in [4.69, 9.17) is 5.11 Å². The number of aromatic carboxylic acids is 1. The van der Waals surface area contributed by atoms with Crippen LogP contribution in [0.3, 0.4) is 0 Å². The van der Waals surface area contributed by atoms with Gasteiger partial charge in [0.15, 0.2) is 11.6 Å². The Kier molecular flexibility index (Phi) is 5.07. The summed E-state index contributed by atoms with van der Waals surface area (Å²) in [5.41, 5.74) is -0.0824. The van der Waals surface area contributed by atoms with Crippen LogP contribution in [-0.4, -0.2) is 26.0 Å². The second-order valence-corrected chi connectivity index (χ2v) is 5.44. The van der Waals surface area contributed by atoms with Crippen LogP contribution in [0.2, 0.25) is 0 Å². The fourth-order valence-corrected chi connectivity index (χ4v) is 2.28. The summed E-state index contributed by atoms with van der Waals surface area (Å²) in [6.07, 6.45) is 1.04. The van der Waals surface area contributed by atoms with Crippen molar-refractivity contribution in [2.45, 2.75) is 0 Å². The second kappa shape index (κ2) is 7.61. The van der Waals surface area contributed by atoms with Crippen LogP contribution in [0.1, 0.15) is 10.4 Å². The molecule has 3 aromatic rings. The third-order valence-electron chi connectivity index (χ3n) is 3.58. The number of aromatic nitrogens is 2. The van der Waals surface area contributed by atoms with Gasteiger partial charge in [-0.2, -0.15) is 0 Å². The van der Waals surface area contributed by atoms with Crippen LogP contribution >= 0.6 is 0 Å². The molecule has 0 aliphatic carbocycles. The topological polar surface area (TPSA) is 130 Å². The number of rotatable bonds is 6. The minimum Gasteiger partial charge on any atom is -0.478 e. The highest BCUT2D eigenvalue weighted by Gasteiger charge is 2.23. The molecule has 0 aliphatic heterocycles. The first kappa shape index (κ1) is 18.6. The lowest BCUT2D eigenvalue weighted by Crippen LogP contribution is -2.06. The lowest BCUT2D eigenvalue weighted by Gasteiger charge is -2.10. The maximum absolute atomic E-state index is 13.4. The molecule has 3 N–H and O–H groups in total. The fraction of sp³-hybridized carbons (Fsp3) is 0. The Morgan fingerprint density at radius 1 is 0.964 bits per heavy atom. The third-order valence-corrected chi connectivity index (χ3v) is 3.58. The van der Waals surface area contributed by atoms with Crippen molar-refractivity contribution in [3.63, 3.8) is 0 Å². The van der Waals surface area contributed by atoms with Crippen LogP contribution in [0.5, 0.6) is 0 Å². The first-order valence-electron chi connectivity index (χ1n) is 7.67. The van der Waals surface area contributed by atoms with E-state index in [-0.39, 0.29) is 22.9 Å². The largest absolute Gasteiger partial charge is 0.478 e. The molecule has 0 radical (unpaired) electrons. The van der Waals surface area contributed by atoms with E-state index in [1.54, 1.807) is 0 Å². The quantitative estimate of drug-likeness (QED) is 0.429. The number of nitrogens with one attached hydrogen (secondary N) is 2. The average Bonchev–Trinajstić information content (AvgIpc) is 2.65. The molecule has 11 heteroatoms. The number of carboxylic acids is 1. The van der Waals surface area contributed by atoms with Crippen LogP contribution < -0.4 is 10.6 Å². The molecule has 2 aromatic carbocycles. The molecular formula is C17H11F2N5O4. The maximum atomic E-state index is 13.4. The van der Waals surface area contributed by atoms with E-state index in [1.165, 1.54) is 30.3 Å². The lowest BCUT2D eigenvalue weighted by molar-refractivity contribution is -0.383. The summed E-state index contributed by atoms with van der Waals surface area (Å²) in [6.45, 7) is 0. The number of hydrogen-bond donors (Lipinski definition) is 3. The molecular weight excluding hydrogens is 376 g/mol. The Labute approximate surface area is 155 Å². The fourth-order valence-electron chi connectivity index (χ4n) is 2.28. The summed E-state index contributed by atoms with van der Waals surface area (Å²) in [7, 11) is 0. The molecule has 1 aromatic heterocycles. The van der Waals surface area contributed by atoms with Crippen molar-refractivity contribution in [1.82, 2.24) is 9.97 Å². The van der Waals surface area contributed by atoms with Gasteiger partial charge in [-0.05, 0) is 36.4 Å². The zero-order chi connectivity index (χ0) is 20.3. The summed E-state index contributed by atoms with van der Waals surface area (Å²) in [6, 6.07) is 8.36. The van der Waals surface area contributed by atoms with E-state index in [9.17, 15) is 23.7 Å². The van der Waals surface area contributed by atoms with E-state index in [0.29, 0.717) is 5.69 Å². The molecule has 9 nitrogen and oxygen atoms in total. The predicted molar refractivity (Wildman–Crippen MR) is 95.0 cm³/mol. The Morgan fingerprint density at radius 3 is 2.07 bits per heavy atom. The lowest BCUT2D eigenvalue weighted by atomic mass is 10.2. The zero-order valence-corrected chi connectivity index (χ0v) is 13.9. The monoisotopic (exact) mass is 387 g/mol. The third kappa shape index (κ3) is 3.98. The summed E-state index contributed by atoms with van der Waals surface area (Å²) in [5, 5.41) is 25.7. The molecule has 3 rings (SSSR count). The van der Waals surface area contributed by atoms with Gasteiger partial charge in [0.2, 0.25) is 11.6 Å². The van der Waals surface area contributed by atoms with Crippen molar-refractivity contribution in [2.24, 2.45) is 0 Å². The molecule has 0 atom stereocenters. The molecule has 0 saturated heterocycles. The normalized spacial score (nSPS) is 10.4. The number of hydrogen-bond acceptors (Lipinski definition) is 7. The SMILES string of the molecule is O=C(O)c1ccc(Nc2ncnc(Nc3ccc(F)c(F)c3)c2[N+](=O)[O-])cc1. The van der Waals surface area contributed by atoms with Gasteiger partial charge in [0.25, 0.3) is 0 Å². The number of carbonyl (C=O) groups is 1. The van der Waals surface area contributed by atoms with Crippen LogP contribution in [0.15, 0.2) is 48.8 Å². The molecule has 1 heterocycles. The van der Waals surface area contributed by atoms with E-state index in [2.05, 4.69) is 20.6 Å². The summed E-state index contributed by atoms with van der Waals surface area (Å²) in [5.74, 6) is -3.71. The maximum Gasteiger partial charge on any atom is 0.353 e. The predicted octanol–water partition coefficient (Wildman–Crippen LogP) is 3.85. The van der Waals surface area contributed by atoms with Gasteiger partial charge in [-0.1, -0.05) is 0 Å². The van der Waals surface area contributed by atoms with E-state index in [0.717, 1.165) is 18.5 Å². The van der Waals surface area contributed by atoms with Gasteiger partial charge in [-0.25, -0.2) is 23.5 Å². The molecule has 0 aliphatic rings. The average molecular weight is 387 g/mol. The van der Waals surface area contributed by atoms with Crippen molar-refractivity contribution >= 4 is 34.7 Å². The highest BCUT2D eigenvalue weighted by molar-refractivity contribution is 5.88.